The molecule has 298 valence electrons. The second-order valence-corrected chi connectivity index (χ2v) is 10.7. The second kappa shape index (κ2) is 26.6. The lowest BCUT2D eigenvalue weighted by Crippen LogP contribution is -2.12. The van der Waals surface area contributed by atoms with E-state index in [0.29, 0.717) is 39.7 Å². The highest BCUT2D eigenvalue weighted by atomic mass is 16.6. The SMILES string of the molecule is C=C(C)C(=O)OC(=O)C(=C)C.C=C(C)C(=O)OCCOc1ccc(/C=C(\C#N)C(=O)OC)cc1OC.COC(=O)/C(C#N)=C/c1ccc(OCCO)c(OC)c1. The number of rotatable bonds is 16. The summed E-state index contributed by atoms with van der Waals surface area (Å²) < 4.78 is 39.4. The fraction of sp³-hybridized carbons (Fsp3) is 0.275. The van der Waals surface area contributed by atoms with Crippen LogP contribution in [0.5, 0.6) is 23.0 Å². The number of hydrogen-bond donors (Lipinski definition) is 1. The minimum absolute atomic E-state index is 0.0669. The molecule has 0 aliphatic carbocycles. The van der Waals surface area contributed by atoms with Crippen LogP contribution in [0.1, 0.15) is 31.9 Å². The number of nitriles is 2. The molecule has 0 aliphatic rings. The second-order valence-electron chi connectivity index (χ2n) is 10.7. The highest BCUT2D eigenvalue weighted by Crippen LogP contribution is 2.30. The molecule has 0 amide bonds. The number of aliphatic hydroxyl groups is 1. The third kappa shape index (κ3) is 18.0. The average Bonchev–Trinajstić information content (AvgIpc) is 3.19. The Kier molecular flexibility index (Phi) is 23.2. The van der Waals surface area contributed by atoms with Gasteiger partial charge in [-0.2, -0.15) is 10.5 Å². The van der Waals surface area contributed by atoms with Crippen molar-refractivity contribution in [2.24, 2.45) is 0 Å². The minimum Gasteiger partial charge on any atom is -0.493 e. The van der Waals surface area contributed by atoms with Crippen molar-refractivity contribution >= 4 is 42.0 Å². The van der Waals surface area contributed by atoms with Crippen molar-refractivity contribution in [3.8, 4) is 35.1 Å². The molecule has 0 bridgehead atoms. The molecule has 0 aliphatic heterocycles. The van der Waals surface area contributed by atoms with Gasteiger partial charge in [-0.3, -0.25) is 0 Å². The van der Waals surface area contributed by atoms with E-state index in [9.17, 15) is 24.0 Å². The zero-order chi connectivity index (χ0) is 42.8. The van der Waals surface area contributed by atoms with Crippen LogP contribution in [0, 0.1) is 22.7 Å². The van der Waals surface area contributed by atoms with Crippen molar-refractivity contribution in [1.29, 1.82) is 10.5 Å². The standard InChI is InChI=1S/C18H19NO6.C14H15NO5.C8H10O3/c1-12(2)17(20)25-8-7-24-15-6-5-13(10-16(15)22-3)9-14(11-19)18(21)23-4;1-18-13-8-10(3-4-12(13)20-6-5-16)7-11(9-15)14(17)19-2;1-5(2)7(9)11-8(10)6(3)4/h5-6,9-10H,1,7-8H2,2-4H3;3-4,7-8,16H,5-6H2,1-2H3;1,3H2,2,4H3/b14-9+;11-7+;. The zero-order valence-electron chi connectivity index (χ0n) is 32.2. The molecule has 1 N–H and O–H groups in total. The third-order valence-corrected chi connectivity index (χ3v) is 6.20. The smallest absolute Gasteiger partial charge is 0.348 e. The quantitative estimate of drug-likeness (QED) is 0.0612. The van der Waals surface area contributed by atoms with Gasteiger partial charge in [-0.05, 0) is 68.3 Å². The molecule has 2 aromatic rings. The molecule has 0 heterocycles. The van der Waals surface area contributed by atoms with E-state index < -0.39 is 29.8 Å². The normalized spacial score (nSPS) is 10.1. The van der Waals surface area contributed by atoms with E-state index in [-0.39, 0.29) is 48.7 Å². The van der Waals surface area contributed by atoms with E-state index in [2.05, 4.69) is 33.9 Å². The van der Waals surface area contributed by atoms with Gasteiger partial charge in [0.05, 0.1) is 35.0 Å². The predicted octanol–water partition coefficient (Wildman–Crippen LogP) is 4.63. The van der Waals surface area contributed by atoms with Crippen molar-refractivity contribution in [2.45, 2.75) is 20.8 Å². The van der Waals surface area contributed by atoms with Gasteiger partial charge in [-0.25, -0.2) is 24.0 Å². The topological polar surface area (TPSA) is 227 Å². The molecular weight excluding hydrogens is 732 g/mol. The van der Waals surface area contributed by atoms with Gasteiger partial charge < -0.3 is 43.0 Å². The maximum absolute atomic E-state index is 11.4. The summed E-state index contributed by atoms with van der Waals surface area (Å²) in [6.45, 7) is 14.8. The highest BCUT2D eigenvalue weighted by Gasteiger charge is 2.13. The summed E-state index contributed by atoms with van der Waals surface area (Å²) in [5.74, 6) is -1.58. The summed E-state index contributed by atoms with van der Waals surface area (Å²) in [5.41, 5.74) is 1.62. The van der Waals surface area contributed by atoms with Gasteiger partial charge in [-0.1, -0.05) is 31.9 Å². The summed E-state index contributed by atoms with van der Waals surface area (Å²) in [6.07, 6.45) is 2.77. The first kappa shape index (κ1) is 48.8. The Labute approximate surface area is 325 Å². The van der Waals surface area contributed by atoms with Crippen LogP contribution in [-0.4, -0.2) is 89.8 Å². The molecule has 2 rings (SSSR count). The molecule has 16 nitrogen and oxygen atoms in total. The molecule has 0 aromatic heterocycles. The van der Waals surface area contributed by atoms with Crippen LogP contribution < -0.4 is 18.9 Å². The number of ether oxygens (including phenoxy) is 8. The molecule has 16 heteroatoms. The summed E-state index contributed by atoms with van der Waals surface area (Å²) >= 11 is 0. The number of esters is 5. The molecule has 0 spiro atoms. The maximum atomic E-state index is 11.4. The molecule has 0 saturated heterocycles. The Balaban J connectivity index is 0.000000871. The van der Waals surface area contributed by atoms with Gasteiger partial charge >= 0.3 is 29.8 Å². The lowest BCUT2D eigenvalue weighted by molar-refractivity contribution is -0.154. The molecule has 0 saturated carbocycles. The number of carbonyl (C=O) groups is 5. The lowest BCUT2D eigenvalue weighted by Gasteiger charge is -2.11. The Hall–Kier alpha value is -7.17. The van der Waals surface area contributed by atoms with Gasteiger partial charge in [0.1, 0.15) is 43.1 Å². The van der Waals surface area contributed by atoms with E-state index in [4.69, 9.17) is 39.3 Å². The minimum atomic E-state index is -0.721. The van der Waals surface area contributed by atoms with Crippen LogP contribution in [0.15, 0.2) is 84.0 Å². The van der Waals surface area contributed by atoms with Gasteiger partial charge in [0.25, 0.3) is 0 Å². The fourth-order valence-corrected chi connectivity index (χ4v) is 3.44. The largest absolute Gasteiger partial charge is 0.493 e. The number of benzene rings is 2. The molecule has 56 heavy (non-hydrogen) atoms. The van der Waals surface area contributed by atoms with Crippen molar-refractivity contribution < 1.29 is 67.0 Å². The van der Waals surface area contributed by atoms with E-state index in [0.717, 1.165) is 0 Å². The van der Waals surface area contributed by atoms with Gasteiger partial charge in [0.2, 0.25) is 0 Å². The van der Waals surface area contributed by atoms with Crippen molar-refractivity contribution in [3.05, 3.63) is 95.1 Å². The molecule has 0 fully saturated rings. The Bertz CT molecular complexity index is 1890. The van der Waals surface area contributed by atoms with E-state index >= 15 is 0 Å². The Morgan fingerprint density at radius 1 is 0.607 bits per heavy atom. The molecule has 0 radical (unpaired) electrons. The first-order chi connectivity index (χ1) is 26.5. The summed E-state index contributed by atoms with van der Waals surface area (Å²) in [5, 5.41) is 26.6. The highest BCUT2D eigenvalue weighted by molar-refractivity contribution is 6.01. The average molecular weight is 777 g/mol. The van der Waals surface area contributed by atoms with Crippen LogP contribution in [0.3, 0.4) is 0 Å². The van der Waals surface area contributed by atoms with Crippen LogP contribution in [-0.2, 0) is 42.9 Å². The first-order valence-electron chi connectivity index (χ1n) is 16.1. The van der Waals surface area contributed by atoms with E-state index in [1.165, 1.54) is 54.4 Å². The van der Waals surface area contributed by atoms with Crippen LogP contribution >= 0.6 is 0 Å². The molecular formula is C40H44N2O14. The monoisotopic (exact) mass is 776 g/mol. The number of carbonyl (C=O) groups excluding carboxylic acids is 5. The van der Waals surface area contributed by atoms with E-state index in [1.54, 1.807) is 55.5 Å². The fourth-order valence-electron chi connectivity index (χ4n) is 3.44. The molecule has 0 atom stereocenters. The zero-order valence-corrected chi connectivity index (χ0v) is 32.2. The van der Waals surface area contributed by atoms with Crippen molar-refractivity contribution in [3.63, 3.8) is 0 Å². The van der Waals surface area contributed by atoms with Crippen LogP contribution in [0.4, 0.5) is 0 Å². The number of nitrogens with zero attached hydrogens (tertiary/aromatic N) is 2. The number of aliphatic hydroxyl groups excluding tert-OH is 1. The van der Waals surface area contributed by atoms with Crippen molar-refractivity contribution in [2.75, 3.05) is 54.9 Å². The van der Waals surface area contributed by atoms with Crippen LogP contribution in [0.2, 0.25) is 0 Å². The summed E-state index contributed by atoms with van der Waals surface area (Å²) in [6, 6.07) is 13.3. The van der Waals surface area contributed by atoms with Crippen molar-refractivity contribution in [1.82, 2.24) is 0 Å². The maximum Gasteiger partial charge on any atom is 0.348 e. The van der Waals surface area contributed by atoms with Gasteiger partial charge in [0, 0.05) is 16.7 Å². The Morgan fingerprint density at radius 2 is 1.00 bits per heavy atom. The van der Waals surface area contributed by atoms with Gasteiger partial charge in [0.15, 0.2) is 23.0 Å². The number of hydrogen-bond acceptors (Lipinski definition) is 16. The molecule has 2 aromatic carbocycles. The lowest BCUT2D eigenvalue weighted by atomic mass is 10.1. The summed E-state index contributed by atoms with van der Waals surface area (Å²) in [4.78, 5) is 55.4. The van der Waals surface area contributed by atoms with E-state index in [1.807, 2.05) is 0 Å². The third-order valence-electron chi connectivity index (χ3n) is 6.20. The number of methoxy groups -OCH3 is 4. The summed E-state index contributed by atoms with van der Waals surface area (Å²) in [7, 11) is 5.34. The predicted molar refractivity (Wildman–Crippen MR) is 202 cm³/mol. The molecule has 0 unspecified atom stereocenters. The van der Waals surface area contributed by atoms with Crippen LogP contribution in [0.25, 0.3) is 12.2 Å². The Morgan fingerprint density at radius 3 is 1.32 bits per heavy atom. The van der Waals surface area contributed by atoms with Gasteiger partial charge in [-0.15, -0.1) is 0 Å². The first-order valence-corrected chi connectivity index (χ1v) is 16.1.